The highest BCUT2D eigenvalue weighted by Crippen LogP contribution is 2.39. The van der Waals surface area contributed by atoms with Crippen molar-refractivity contribution in [1.82, 2.24) is 19.6 Å². The molecule has 0 amide bonds. The molecule has 146 valence electrons. The van der Waals surface area contributed by atoms with Crippen molar-refractivity contribution in [3.8, 4) is 11.3 Å². The van der Waals surface area contributed by atoms with Crippen LogP contribution >= 0.6 is 0 Å². The van der Waals surface area contributed by atoms with Gasteiger partial charge in [0.25, 0.3) is 0 Å². The molecule has 0 saturated carbocycles. The maximum atomic E-state index is 5.29. The van der Waals surface area contributed by atoms with Gasteiger partial charge in [0.1, 0.15) is 0 Å². The van der Waals surface area contributed by atoms with Crippen molar-refractivity contribution in [2.75, 3.05) is 46.4 Å². The first-order valence-corrected chi connectivity index (χ1v) is 10.2. The molecule has 1 aromatic heterocycles. The number of hydrogen-bond acceptors (Lipinski definition) is 4. The normalized spacial score (nSPS) is 24.1. The van der Waals surface area contributed by atoms with E-state index in [1.807, 2.05) is 11.7 Å². The number of aromatic nitrogens is 2. The van der Waals surface area contributed by atoms with Gasteiger partial charge in [0, 0.05) is 57.7 Å². The molecule has 1 aromatic carbocycles. The summed E-state index contributed by atoms with van der Waals surface area (Å²) in [7, 11) is 3.82. The van der Waals surface area contributed by atoms with Gasteiger partial charge >= 0.3 is 0 Å². The monoisotopic (exact) mass is 368 g/mol. The second-order valence-electron chi connectivity index (χ2n) is 8.38. The lowest BCUT2D eigenvalue weighted by Gasteiger charge is -2.40. The summed E-state index contributed by atoms with van der Waals surface area (Å²) in [4.78, 5) is 5.25. The van der Waals surface area contributed by atoms with Gasteiger partial charge in [-0.1, -0.05) is 30.3 Å². The van der Waals surface area contributed by atoms with Crippen molar-refractivity contribution in [2.45, 2.75) is 25.8 Å². The lowest BCUT2D eigenvalue weighted by molar-refractivity contribution is 0.0674. The Morgan fingerprint density at radius 3 is 2.70 bits per heavy atom. The summed E-state index contributed by atoms with van der Waals surface area (Å²) < 4.78 is 7.25. The van der Waals surface area contributed by atoms with Crippen LogP contribution in [0.2, 0.25) is 0 Å². The summed E-state index contributed by atoms with van der Waals surface area (Å²) in [5.74, 6) is 0. The predicted octanol–water partition coefficient (Wildman–Crippen LogP) is 3.02. The molecule has 2 saturated heterocycles. The molecule has 0 radical (unpaired) electrons. The molecule has 1 atom stereocenters. The number of ether oxygens (including phenoxy) is 1. The molecule has 0 N–H and O–H groups in total. The zero-order valence-electron chi connectivity index (χ0n) is 16.7. The molecule has 4 rings (SSSR count). The molecule has 0 bridgehead atoms. The quantitative estimate of drug-likeness (QED) is 0.785. The van der Waals surface area contributed by atoms with E-state index >= 15 is 0 Å². The number of likely N-dealkylation sites (tertiary alicyclic amines) is 2. The Kier molecular flexibility index (Phi) is 5.62. The van der Waals surface area contributed by atoms with Gasteiger partial charge in [-0.25, -0.2) is 0 Å². The van der Waals surface area contributed by atoms with Gasteiger partial charge in [-0.3, -0.25) is 9.58 Å². The number of benzene rings is 1. The molecule has 3 heterocycles. The van der Waals surface area contributed by atoms with E-state index in [2.05, 4.69) is 46.3 Å². The molecule has 1 spiro atoms. The molecule has 2 aliphatic rings. The van der Waals surface area contributed by atoms with E-state index in [1.165, 1.54) is 56.6 Å². The third-order valence-corrected chi connectivity index (χ3v) is 6.22. The Hall–Kier alpha value is -1.69. The van der Waals surface area contributed by atoms with Crippen LogP contribution in [0.15, 0.2) is 36.5 Å². The fraction of sp³-hybridized carbons (Fsp3) is 0.591. The highest BCUT2D eigenvalue weighted by molar-refractivity contribution is 5.62. The smallest absolute Gasteiger partial charge is 0.0968 e. The van der Waals surface area contributed by atoms with Crippen molar-refractivity contribution < 1.29 is 4.74 Å². The molecule has 2 aromatic rings. The summed E-state index contributed by atoms with van der Waals surface area (Å²) >= 11 is 0. The molecular formula is C22H32N4O. The van der Waals surface area contributed by atoms with Crippen molar-refractivity contribution >= 4 is 0 Å². The van der Waals surface area contributed by atoms with Crippen LogP contribution in [0, 0.1) is 5.41 Å². The van der Waals surface area contributed by atoms with E-state index in [0.717, 1.165) is 25.4 Å². The molecule has 27 heavy (non-hydrogen) atoms. The van der Waals surface area contributed by atoms with Gasteiger partial charge in [0.15, 0.2) is 0 Å². The predicted molar refractivity (Wildman–Crippen MR) is 109 cm³/mol. The Labute approximate surface area is 162 Å². The maximum Gasteiger partial charge on any atom is 0.0968 e. The number of rotatable bonds is 6. The third-order valence-electron chi connectivity index (χ3n) is 6.22. The number of aryl methyl sites for hydroxylation is 1. The highest BCUT2D eigenvalue weighted by Gasteiger charge is 2.41. The van der Waals surface area contributed by atoms with Crippen LogP contribution in [0.5, 0.6) is 0 Å². The Balaban J connectivity index is 1.43. The van der Waals surface area contributed by atoms with Crippen molar-refractivity contribution in [1.29, 1.82) is 0 Å². The van der Waals surface area contributed by atoms with E-state index in [0.29, 0.717) is 5.41 Å². The zero-order valence-corrected chi connectivity index (χ0v) is 16.7. The van der Waals surface area contributed by atoms with Gasteiger partial charge in [-0.2, -0.15) is 5.10 Å². The summed E-state index contributed by atoms with van der Waals surface area (Å²) in [6, 6.07) is 10.6. The standard InChI is InChI=1S/C22H32N4O/c1-24-15-20(21(23-24)19-7-4-3-5-8-19)16-26-12-10-22(18-26)9-6-11-25(17-22)13-14-27-2/h3-5,7-8,15H,6,9-14,16-18H2,1-2H3. The van der Waals surface area contributed by atoms with E-state index < -0.39 is 0 Å². The average molecular weight is 369 g/mol. The molecular weight excluding hydrogens is 336 g/mol. The minimum Gasteiger partial charge on any atom is -0.383 e. The Morgan fingerprint density at radius 2 is 1.89 bits per heavy atom. The second-order valence-corrected chi connectivity index (χ2v) is 8.38. The van der Waals surface area contributed by atoms with Crippen LogP contribution in [-0.2, 0) is 18.3 Å². The number of piperidine rings is 1. The topological polar surface area (TPSA) is 33.5 Å². The molecule has 2 fully saturated rings. The summed E-state index contributed by atoms with van der Waals surface area (Å²) in [6.45, 7) is 7.77. The zero-order chi connectivity index (χ0) is 18.7. The minimum atomic E-state index is 0.473. The van der Waals surface area contributed by atoms with Crippen LogP contribution in [0.1, 0.15) is 24.8 Å². The van der Waals surface area contributed by atoms with E-state index in [-0.39, 0.29) is 0 Å². The van der Waals surface area contributed by atoms with Gasteiger partial charge < -0.3 is 9.64 Å². The number of nitrogens with zero attached hydrogens (tertiary/aromatic N) is 4. The summed E-state index contributed by atoms with van der Waals surface area (Å²) in [6.07, 6.45) is 6.20. The lowest BCUT2D eigenvalue weighted by atomic mass is 9.79. The van der Waals surface area contributed by atoms with E-state index in [1.54, 1.807) is 7.11 Å². The minimum absolute atomic E-state index is 0.473. The maximum absolute atomic E-state index is 5.29. The first-order valence-electron chi connectivity index (χ1n) is 10.2. The van der Waals surface area contributed by atoms with Crippen molar-refractivity contribution in [3.63, 3.8) is 0 Å². The van der Waals surface area contributed by atoms with E-state index in [4.69, 9.17) is 9.84 Å². The fourth-order valence-electron chi connectivity index (χ4n) is 4.95. The number of methoxy groups -OCH3 is 1. The molecule has 5 nitrogen and oxygen atoms in total. The van der Waals surface area contributed by atoms with Crippen LogP contribution in [-0.4, -0.2) is 66.0 Å². The lowest BCUT2D eigenvalue weighted by Crippen LogP contribution is -2.45. The largest absolute Gasteiger partial charge is 0.383 e. The SMILES string of the molecule is COCCN1CCCC2(CCN(Cc3cn(C)nc3-c3ccccc3)C2)C1. The Morgan fingerprint density at radius 1 is 1.07 bits per heavy atom. The van der Waals surface area contributed by atoms with Gasteiger partial charge in [-0.15, -0.1) is 0 Å². The van der Waals surface area contributed by atoms with E-state index in [9.17, 15) is 0 Å². The van der Waals surface area contributed by atoms with Gasteiger partial charge in [0.05, 0.1) is 12.3 Å². The molecule has 5 heteroatoms. The van der Waals surface area contributed by atoms with Gasteiger partial charge in [-0.05, 0) is 37.8 Å². The Bertz CT molecular complexity index is 744. The first kappa shape index (κ1) is 18.7. The molecule has 1 unspecified atom stereocenters. The highest BCUT2D eigenvalue weighted by atomic mass is 16.5. The third kappa shape index (κ3) is 4.26. The number of hydrogen-bond donors (Lipinski definition) is 0. The average Bonchev–Trinajstić information content (AvgIpc) is 3.24. The van der Waals surface area contributed by atoms with Crippen LogP contribution in [0.3, 0.4) is 0 Å². The second kappa shape index (κ2) is 8.13. The van der Waals surface area contributed by atoms with Gasteiger partial charge in [0.2, 0.25) is 0 Å². The summed E-state index contributed by atoms with van der Waals surface area (Å²) in [5.41, 5.74) is 4.16. The van der Waals surface area contributed by atoms with Crippen LogP contribution in [0.4, 0.5) is 0 Å². The first-order chi connectivity index (χ1) is 13.2. The van der Waals surface area contributed by atoms with Crippen LogP contribution < -0.4 is 0 Å². The molecule has 2 aliphatic heterocycles. The van der Waals surface area contributed by atoms with Crippen molar-refractivity contribution in [2.24, 2.45) is 12.5 Å². The van der Waals surface area contributed by atoms with Crippen molar-refractivity contribution in [3.05, 3.63) is 42.1 Å². The molecule has 0 aliphatic carbocycles. The summed E-state index contributed by atoms with van der Waals surface area (Å²) in [5, 5.41) is 4.74. The van der Waals surface area contributed by atoms with Crippen LogP contribution in [0.25, 0.3) is 11.3 Å². The fourth-order valence-corrected chi connectivity index (χ4v) is 4.95.